The Morgan fingerprint density at radius 1 is 1.14 bits per heavy atom. The van der Waals surface area contributed by atoms with Gasteiger partial charge < -0.3 is 15.0 Å². The predicted molar refractivity (Wildman–Crippen MR) is 105 cm³/mol. The minimum Gasteiger partial charge on any atom is -0.495 e. The number of carbonyl (C=O) groups is 1. The molecule has 0 atom stereocenters. The van der Waals surface area contributed by atoms with Crippen molar-refractivity contribution in [3.63, 3.8) is 0 Å². The van der Waals surface area contributed by atoms with Crippen molar-refractivity contribution in [2.75, 3.05) is 40.3 Å². The third kappa shape index (κ3) is 4.49. The number of benzene rings is 1. The highest BCUT2D eigenvalue weighted by Crippen LogP contribution is 2.28. The van der Waals surface area contributed by atoms with Crippen molar-refractivity contribution >= 4 is 15.9 Å². The second-order valence-electron chi connectivity index (χ2n) is 6.61. The average Bonchev–Trinajstić information content (AvgIpc) is 2.72. The molecule has 150 valence electrons. The second-order valence-corrected chi connectivity index (χ2v) is 8.52. The van der Waals surface area contributed by atoms with Gasteiger partial charge in [-0.3, -0.25) is 9.78 Å². The highest BCUT2D eigenvalue weighted by Gasteiger charge is 2.30. The molecule has 1 saturated heterocycles. The number of ether oxygens (including phenoxy) is 1. The van der Waals surface area contributed by atoms with Crippen LogP contribution in [-0.4, -0.2) is 68.9 Å². The summed E-state index contributed by atoms with van der Waals surface area (Å²) in [7, 11) is -0.383. The average molecular weight is 404 g/mol. The number of pyridine rings is 1. The topological polar surface area (TPSA) is 91.8 Å². The van der Waals surface area contributed by atoms with Gasteiger partial charge in [-0.05, 0) is 42.9 Å². The van der Waals surface area contributed by atoms with Crippen LogP contribution in [0.1, 0.15) is 15.9 Å². The summed E-state index contributed by atoms with van der Waals surface area (Å²) in [6.07, 6.45) is 3.30. The third-order valence-electron chi connectivity index (χ3n) is 4.71. The van der Waals surface area contributed by atoms with Gasteiger partial charge in [0.1, 0.15) is 10.6 Å². The Bertz CT molecular complexity index is 926. The maximum atomic E-state index is 13.1. The van der Waals surface area contributed by atoms with Gasteiger partial charge in [0.2, 0.25) is 10.0 Å². The van der Waals surface area contributed by atoms with Crippen molar-refractivity contribution in [2.24, 2.45) is 0 Å². The molecule has 0 spiro atoms. The fraction of sp³-hybridized carbons (Fsp3) is 0.368. The normalized spacial score (nSPS) is 15.9. The lowest BCUT2D eigenvalue weighted by Crippen LogP contribution is -2.47. The number of nitrogens with one attached hydrogen (secondary N) is 1. The number of aromatic nitrogens is 1. The van der Waals surface area contributed by atoms with Crippen LogP contribution in [0.15, 0.2) is 47.6 Å². The molecule has 28 heavy (non-hydrogen) atoms. The molecule has 0 bridgehead atoms. The van der Waals surface area contributed by atoms with E-state index in [-0.39, 0.29) is 22.1 Å². The summed E-state index contributed by atoms with van der Waals surface area (Å²) in [4.78, 5) is 18.6. The lowest BCUT2D eigenvalue weighted by atomic mass is 10.2. The van der Waals surface area contributed by atoms with E-state index >= 15 is 0 Å². The van der Waals surface area contributed by atoms with Crippen molar-refractivity contribution in [3.8, 4) is 5.75 Å². The van der Waals surface area contributed by atoms with E-state index in [2.05, 4.69) is 15.2 Å². The quantitative estimate of drug-likeness (QED) is 0.771. The molecule has 0 radical (unpaired) electrons. The predicted octanol–water partition coefficient (Wildman–Crippen LogP) is 0.956. The number of hydrogen-bond donors (Lipinski definition) is 1. The van der Waals surface area contributed by atoms with Gasteiger partial charge in [0.25, 0.3) is 5.91 Å². The van der Waals surface area contributed by atoms with Gasteiger partial charge in [-0.2, -0.15) is 4.31 Å². The number of carbonyl (C=O) groups excluding carboxylic acids is 1. The van der Waals surface area contributed by atoms with Crippen molar-refractivity contribution in [2.45, 2.75) is 11.4 Å². The molecule has 2 aromatic rings. The monoisotopic (exact) mass is 404 g/mol. The van der Waals surface area contributed by atoms with Gasteiger partial charge in [0.05, 0.1) is 7.11 Å². The molecular weight excluding hydrogens is 380 g/mol. The Hall–Kier alpha value is -2.49. The molecule has 0 aliphatic carbocycles. The molecule has 1 fully saturated rings. The van der Waals surface area contributed by atoms with E-state index in [9.17, 15) is 13.2 Å². The first-order valence-corrected chi connectivity index (χ1v) is 10.4. The molecule has 0 saturated carbocycles. The molecule has 1 aliphatic rings. The SMILES string of the molecule is COc1ccc(C(=O)NCc2ccncc2)cc1S(=O)(=O)N1CCN(C)CC1. The number of rotatable bonds is 6. The number of amides is 1. The molecule has 8 nitrogen and oxygen atoms in total. The number of likely N-dealkylation sites (N-methyl/N-ethyl adjacent to an activating group) is 1. The van der Waals surface area contributed by atoms with Gasteiger partial charge in [-0.1, -0.05) is 0 Å². The van der Waals surface area contributed by atoms with Gasteiger partial charge in [-0.25, -0.2) is 8.42 Å². The van der Waals surface area contributed by atoms with Crippen LogP contribution in [0.4, 0.5) is 0 Å². The minimum atomic E-state index is -3.76. The first-order chi connectivity index (χ1) is 13.4. The zero-order valence-electron chi connectivity index (χ0n) is 16.0. The van der Waals surface area contributed by atoms with Gasteiger partial charge >= 0.3 is 0 Å². The van der Waals surface area contributed by atoms with Crippen molar-refractivity contribution < 1.29 is 17.9 Å². The van der Waals surface area contributed by atoms with E-state index in [0.29, 0.717) is 32.7 Å². The lowest BCUT2D eigenvalue weighted by molar-refractivity contribution is 0.0950. The van der Waals surface area contributed by atoms with Crippen LogP contribution in [0.2, 0.25) is 0 Å². The number of methoxy groups -OCH3 is 1. The summed E-state index contributed by atoms with van der Waals surface area (Å²) >= 11 is 0. The smallest absolute Gasteiger partial charge is 0.251 e. The third-order valence-corrected chi connectivity index (χ3v) is 6.63. The Balaban J connectivity index is 1.82. The summed E-state index contributed by atoms with van der Waals surface area (Å²) < 4.78 is 32.9. The second kappa shape index (κ2) is 8.68. The maximum absolute atomic E-state index is 13.1. The molecule has 1 aromatic heterocycles. The van der Waals surface area contributed by atoms with Crippen LogP contribution < -0.4 is 10.1 Å². The van der Waals surface area contributed by atoms with Crippen LogP contribution in [0.3, 0.4) is 0 Å². The zero-order valence-corrected chi connectivity index (χ0v) is 16.8. The highest BCUT2D eigenvalue weighted by molar-refractivity contribution is 7.89. The summed E-state index contributed by atoms with van der Waals surface area (Å²) in [6, 6.07) is 8.07. The van der Waals surface area contributed by atoms with Crippen LogP contribution in [0.5, 0.6) is 5.75 Å². The minimum absolute atomic E-state index is 0.0103. The molecule has 1 amide bonds. The molecule has 2 heterocycles. The molecule has 3 rings (SSSR count). The van der Waals surface area contributed by atoms with E-state index in [1.807, 2.05) is 7.05 Å². The van der Waals surface area contributed by atoms with Crippen LogP contribution >= 0.6 is 0 Å². The van der Waals surface area contributed by atoms with Crippen molar-refractivity contribution in [1.29, 1.82) is 0 Å². The summed E-state index contributed by atoms with van der Waals surface area (Å²) in [5.41, 5.74) is 1.17. The number of hydrogen-bond acceptors (Lipinski definition) is 6. The number of nitrogens with zero attached hydrogens (tertiary/aromatic N) is 3. The van der Waals surface area contributed by atoms with Gasteiger partial charge in [0.15, 0.2) is 0 Å². The summed E-state index contributed by atoms with van der Waals surface area (Å²) in [5.74, 6) is -0.126. The highest BCUT2D eigenvalue weighted by atomic mass is 32.2. The van der Waals surface area contributed by atoms with Gasteiger partial charge in [-0.15, -0.1) is 0 Å². The standard InChI is InChI=1S/C19H24N4O4S/c1-22-9-11-23(12-10-22)28(25,26)18-13-16(3-4-17(18)27-2)19(24)21-14-15-5-7-20-8-6-15/h3-8,13H,9-12,14H2,1-2H3,(H,21,24). The molecular formula is C19H24N4O4S. The van der Waals surface area contributed by atoms with E-state index < -0.39 is 10.0 Å². The van der Waals surface area contributed by atoms with Crippen LogP contribution in [0, 0.1) is 0 Å². The molecule has 0 unspecified atom stereocenters. The van der Waals surface area contributed by atoms with E-state index in [0.717, 1.165) is 5.56 Å². The fourth-order valence-corrected chi connectivity index (χ4v) is 4.58. The Labute approximate surface area is 165 Å². The number of piperazine rings is 1. The van der Waals surface area contributed by atoms with Crippen molar-refractivity contribution in [1.82, 2.24) is 19.5 Å². The Morgan fingerprint density at radius 3 is 2.46 bits per heavy atom. The summed E-state index contributed by atoms with van der Waals surface area (Å²) in [5, 5.41) is 2.79. The first-order valence-electron chi connectivity index (χ1n) is 8.95. The Morgan fingerprint density at radius 2 is 1.82 bits per heavy atom. The van der Waals surface area contributed by atoms with E-state index in [1.54, 1.807) is 30.6 Å². The number of sulfonamides is 1. The summed E-state index contributed by atoms with van der Waals surface area (Å²) in [6.45, 7) is 2.45. The zero-order chi connectivity index (χ0) is 20.1. The maximum Gasteiger partial charge on any atom is 0.251 e. The molecule has 1 N–H and O–H groups in total. The lowest BCUT2D eigenvalue weighted by Gasteiger charge is -2.31. The van der Waals surface area contributed by atoms with E-state index in [1.165, 1.54) is 23.5 Å². The van der Waals surface area contributed by atoms with Crippen LogP contribution in [0.25, 0.3) is 0 Å². The van der Waals surface area contributed by atoms with Crippen LogP contribution in [-0.2, 0) is 16.6 Å². The molecule has 1 aliphatic heterocycles. The Kier molecular flexibility index (Phi) is 6.28. The molecule has 9 heteroatoms. The van der Waals surface area contributed by atoms with Gasteiger partial charge in [0, 0.05) is 50.7 Å². The van der Waals surface area contributed by atoms with Crippen molar-refractivity contribution in [3.05, 3.63) is 53.9 Å². The fourth-order valence-electron chi connectivity index (χ4n) is 2.97. The largest absolute Gasteiger partial charge is 0.495 e. The molecule has 1 aromatic carbocycles. The first kappa shape index (κ1) is 20.2. The van der Waals surface area contributed by atoms with E-state index in [4.69, 9.17) is 4.74 Å².